The smallest absolute Gasteiger partial charge is 0.134 e. The average molecular weight is 208 g/mol. The quantitative estimate of drug-likeness (QED) is 0.795. The second kappa shape index (κ2) is 4.96. The Morgan fingerprint density at radius 2 is 2.00 bits per heavy atom. The Bertz CT molecular complexity index is 336. The second-order valence-corrected chi connectivity index (χ2v) is 3.81. The summed E-state index contributed by atoms with van der Waals surface area (Å²) in [6, 6.07) is 0.405. The fourth-order valence-corrected chi connectivity index (χ4v) is 1.22. The zero-order valence-electron chi connectivity index (χ0n) is 9.96. The highest BCUT2D eigenvalue weighted by atomic mass is 15.1. The number of nitrogens with zero attached hydrogens (tertiary/aromatic N) is 2. The van der Waals surface area contributed by atoms with Crippen LogP contribution in [0.1, 0.15) is 38.6 Å². The van der Waals surface area contributed by atoms with Crippen LogP contribution in [0.3, 0.4) is 0 Å². The van der Waals surface area contributed by atoms with Gasteiger partial charge in [0, 0.05) is 18.0 Å². The first-order chi connectivity index (χ1) is 7.08. The molecule has 1 atom stereocenters. The number of nitrogen functional groups attached to an aromatic ring is 1. The van der Waals surface area contributed by atoms with Gasteiger partial charge < -0.3 is 11.1 Å². The minimum Gasteiger partial charge on any atom is -0.383 e. The summed E-state index contributed by atoms with van der Waals surface area (Å²) in [6.07, 6.45) is 1.87. The van der Waals surface area contributed by atoms with Crippen LogP contribution in [0.4, 0.5) is 11.6 Å². The lowest BCUT2D eigenvalue weighted by Crippen LogP contribution is -2.17. The number of hydrogen-bond acceptors (Lipinski definition) is 4. The molecule has 0 aliphatic heterocycles. The van der Waals surface area contributed by atoms with Gasteiger partial charge in [0.1, 0.15) is 17.5 Å². The van der Waals surface area contributed by atoms with E-state index in [9.17, 15) is 0 Å². The third-order valence-electron chi connectivity index (χ3n) is 2.54. The van der Waals surface area contributed by atoms with Crippen LogP contribution in [0.25, 0.3) is 0 Å². The first kappa shape index (κ1) is 11.8. The molecule has 15 heavy (non-hydrogen) atoms. The summed E-state index contributed by atoms with van der Waals surface area (Å²) in [5, 5.41) is 3.34. The standard InChI is InChI=1S/C11H20N4/c1-5-7(3)13-11-8(4)10(12)14-9(6-2)15-11/h7H,5-6H2,1-4H3,(H3,12,13,14,15). The van der Waals surface area contributed by atoms with Crippen LogP contribution >= 0.6 is 0 Å². The number of rotatable bonds is 4. The molecule has 4 heteroatoms. The van der Waals surface area contributed by atoms with Gasteiger partial charge in [-0.05, 0) is 20.3 Å². The minimum atomic E-state index is 0.405. The molecule has 0 bridgehead atoms. The van der Waals surface area contributed by atoms with Gasteiger partial charge in [0.2, 0.25) is 0 Å². The van der Waals surface area contributed by atoms with E-state index in [1.807, 2.05) is 13.8 Å². The molecule has 1 heterocycles. The fraction of sp³-hybridized carbons (Fsp3) is 0.636. The van der Waals surface area contributed by atoms with E-state index in [-0.39, 0.29) is 0 Å². The van der Waals surface area contributed by atoms with Gasteiger partial charge in [0.25, 0.3) is 0 Å². The molecule has 0 aliphatic carbocycles. The number of nitrogens with two attached hydrogens (primary N) is 1. The zero-order chi connectivity index (χ0) is 11.4. The SMILES string of the molecule is CCc1nc(N)c(C)c(NC(C)CC)n1. The van der Waals surface area contributed by atoms with Gasteiger partial charge in [-0.2, -0.15) is 0 Å². The van der Waals surface area contributed by atoms with Crippen LogP contribution in [0, 0.1) is 6.92 Å². The van der Waals surface area contributed by atoms with Gasteiger partial charge >= 0.3 is 0 Å². The van der Waals surface area contributed by atoms with E-state index in [1.54, 1.807) is 0 Å². The van der Waals surface area contributed by atoms with Gasteiger partial charge in [0.15, 0.2) is 0 Å². The van der Waals surface area contributed by atoms with Gasteiger partial charge in [-0.1, -0.05) is 13.8 Å². The highest BCUT2D eigenvalue weighted by molar-refractivity contribution is 5.55. The predicted octanol–water partition coefficient (Wildman–Crippen LogP) is 2.14. The molecule has 3 N–H and O–H groups in total. The maximum absolute atomic E-state index is 5.82. The van der Waals surface area contributed by atoms with Gasteiger partial charge in [-0.25, -0.2) is 9.97 Å². The summed E-state index contributed by atoms with van der Waals surface area (Å²) in [6.45, 7) is 8.23. The molecule has 1 aromatic rings. The Morgan fingerprint density at radius 3 is 2.53 bits per heavy atom. The molecular formula is C11H20N4. The largest absolute Gasteiger partial charge is 0.383 e. The van der Waals surface area contributed by atoms with Crippen LogP contribution in [-0.2, 0) is 6.42 Å². The molecular weight excluding hydrogens is 188 g/mol. The topological polar surface area (TPSA) is 63.8 Å². The Morgan fingerprint density at radius 1 is 1.33 bits per heavy atom. The summed E-state index contributed by atoms with van der Waals surface area (Å²) >= 11 is 0. The van der Waals surface area contributed by atoms with Crippen LogP contribution in [0.5, 0.6) is 0 Å². The number of aryl methyl sites for hydroxylation is 1. The van der Waals surface area contributed by atoms with E-state index in [2.05, 4.69) is 29.1 Å². The number of hydrogen-bond donors (Lipinski definition) is 2. The third kappa shape index (κ3) is 2.81. The molecule has 0 radical (unpaired) electrons. The third-order valence-corrected chi connectivity index (χ3v) is 2.54. The highest BCUT2D eigenvalue weighted by Crippen LogP contribution is 2.18. The molecule has 1 rings (SSSR count). The zero-order valence-corrected chi connectivity index (χ0v) is 9.96. The van der Waals surface area contributed by atoms with Crippen molar-refractivity contribution < 1.29 is 0 Å². The van der Waals surface area contributed by atoms with Crippen molar-refractivity contribution in [3.05, 3.63) is 11.4 Å². The van der Waals surface area contributed by atoms with Crippen molar-refractivity contribution in [1.29, 1.82) is 0 Å². The number of nitrogens with one attached hydrogen (secondary N) is 1. The Hall–Kier alpha value is -1.32. The normalized spacial score (nSPS) is 12.5. The molecule has 0 aromatic carbocycles. The molecule has 0 saturated carbocycles. The van der Waals surface area contributed by atoms with E-state index in [0.29, 0.717) is 11.9 Å². The lowest BCUT2D eigenvalue weighted by atomic mass is 10.2. The maximum atomic E-state index is 5.82. The van der Waals surface area contributed by atoms with Crippen molar-refractivity contribution in [2.45, 2.75) is 46.6 Å². The first-order valence-corrected chi connectivity index (χ1v) is 5.48. The summed E-state index contributed by atoms with van der Waals surface area (Å²) in [4.78, 5) is 8.65. The van der Waals surface area contributed by atoms with Gasteiger partial charge in [0.05, 0.1) is 0 Å². The lowest BCUT2D eigenvalue weighted by molar-refractivity contribution is 0.754. The first-order valence-electron chi connectivity index (χ1n) is 5.48. The van der Waals surface area contributed by atoms with Crippen LogP contribution in [0.2, 0.25) is 0 Å². The number of aromatic nitrogens is 2. The highest BCUT2D eigenvalue weighted by Gasteiger charge is 2.09. The van der Waals surface area contributed by atoms with E-state index < -0.39 is 0 Å². The molecule has 0 spiro atoms. The molecule has 1 unspecified atom stereocenters. The summed E-state index contributed by atoms with van der Waals surface area (Å²) < 4.78 is 0. The Kier molecular flexibility index (Phi) is 3.88. The molecule has 84 valence electrons. The van der Waals surface area contributed by atoms with Crippen molar-refractivity contribution in [2.24, 2.45) is 0 Å². The predicted molar refractivity (Wildman–Crippen MR) is 63.9 cm³/mol. The monoisotopic (exact) mass is 208 g/mol. The van der Waals surface area contributed by atoms with E-state index >= 15 is 0 Å². The molecule has 0 saturated heterocycles. The summed E-state index contributed by atoms with van der Waals surface area (Å²) in [7, 11) is 0. The molecule has 4 nitrogen and oxygen atoms in total. The molecule has 1 aromatic heterocycles. The Labute approximate surface area is 91.3 Å². The summed E-state index contributed by atoms with van der Waals surface area (Å²) in [5.41, 5.74) is 6.76. The van der Waals surface area contributed by atoms with Crippen LogP contribution in [-0.4, -0.2) is 16.0 Å². The lowest BCUT2D eigenvalue weighted by Gasteiger charge is -2.15. The van der Waals surface area contributed by atoms with E-state index in [4.69, 9.17) is 5.73 Å². The van der Waals surface area contributed by atoms with Crippen LogP contribution in [0.15, 0.2) is 0 Å². The summed E-state index contributed by atoms with van der Waals surface area (Å²) in [5.74, 6) is 2.24. The average Bonchev–Trinajstić information content (AvgIpc) is 2.24. The van der Waals surface area contributed by atoms with Gasteiger partial charge in [-0.3, -0.25) is 0 Å². The fourth-order valence-electron chi connectivity index (χ4n) is 1.22. The molecule has 0 fully saturated rings. The van der Waals surface area contributed by atoms with E-state index in [1.165, 1.54) is 0 Å². The van der Waals surface area contributed by atoms with E-state index in [0.717, 1.165) is 30.0 Å². The maximum Gasteiger partial charge on any atom is 0.134 e. The molecule has 0 aliphatic rings. The van der Waals surface area contributed by atoms with Gasteiger partial charge in [-0.15, -0.1) is 0 Å². The van der Waals surface area contributed by atoms with Crippen LogP contribution < -0.4 is 11.1 Å². The Balaban J connectivity index is 2.99. The van der Waals surface area contributed by atoms with Crippen molar-refractivity contribution in [3.8, 4) is 0 Å². The van der Waals surface area contributed by atoms with Crippen molar-refractivity contribution in [1.82, 2.24) is 9.97 Å². The van der Waals surface area contributed by atoms with Crippen molar-refractivity contribution in [3.63, 3.8) is 0 Å². The number of anilines is 2. The van der Waals surface area contributed by atoms with Crippen molar-refractivity contribution in [2.75, 3.05) is 11.1 Å². The minimum absolute atomic E-state index is 0.405. The van der Waals surface area contributed by atoms with Crippen molar-refractivity contribution >= 4 is 11.6 Å². The second-order valence-electron chi connectivity index (χ2n) is 3.81. The molecule has 0 amide bonds.